The van der Waals surface area contributed by atoms with Crippen molar-refractivity contribution in [1.82, 2.24) is 19.2 Å². The molecule has 188 valence electrons. The van der Waals surface area contributed by atoms with Gasteiger partial charge in [0, 0.05) is 25.3 Å². The SMILES string of the molecule is O=C(c1nc2c(C(F)(F)P)cc(C3CC3)cn2c1Cl)N1CCN(C2C[C@H]3CC(O)C[C@H]3C2)C(=O)C1. The molecule has 3 saturated carbocycles. The Bertz CT molecular complexity index is 1200. The van der Waals surface area contributed by atoms with E-state index in [4.69, 9.17) is 11.6 Å². The molecule has 0 spiro atoms. The number of halogens is 3. The maximum atomic E-state index is 14.4. The Kier molecular flexibility index (Phi) is 5.62. The normalized spacial score (nSPS) is 29.3. The number of carbonyl (C=O) groups excluding carboxylic acids is 2. The second kappa shape index (κ2) is 8.35. The van der Waals surface area contributed by atoms with E-state index in [0.717, 1.165) is 44.1 Å². The Morgan fingerprint density at radius 1 is 1.17 bits per heavy atom. The summed E-state index contributed by atoms with van der Waals surface area (Å²) in [7, 11) is 1.54. The summed E-state index contributed by atoms with van der Waals surface area (Å²) in [6.07, 6.45) is 6.74. The van der Waals surface area contributed by atoms with E-state index in [0.29, 0.717) is 24.9 Å². The fourth-order valence-corrected chi connectivity index (χ4v) is 6.83. The molecular weight excluding hydrogens is 497 g/mol. The van der Waals surface area contributed by atoms with Crippen molar-refractivity contribution in [2.45, 2.75) is 62.3 Å². The highest BCUT2D eigenvalue weighted by Crippen LogP contribution is 2.46. The number of hydrogen-bond acceptors (Lipinski definition) is 4. The minimum atomic E-state index is -3.22. The van der Waals surface area contributed by atoms with Crippen LogP contribution < -0.4 is 0 Å². The monoisotopic (exact) mass is 524 g/mol. The second-order valence-electron chi connectivity index (χ2n) is 10.6. The van der Waals surface area contributed by atoms with Crippen LogP contribution in [0.3, 0.4) is 0 Å². The van der Waals surface area contributed by atoms with Crippen molar-refractivity contribution in [1.29, 1.82) is 0 Å². The predicted molar refractivity (Wildman–Crippen MR) is 129 cm³/mol. The third kappa shape index (κ3) is 4.13. The van der Waals surface area contributed by atoms with E-state index in [1.165, 1.54) is 24.6 Å². The molecule has 3 heterocycles. The number of imidazole rings is 1. The van der Waals surface area contributed by atoms with Crippen LogP contribution in [-0.2, 0) is 10.5 Å². The van der Waals surface area contributed by atoms with Crippen molar-refractivity contribution >= 4 is 38.3 Å². The molecule has 1 aliphatic heterocycles. The molecule has 1 N–H and O–H groups in total. The van der Waals surface area contributed by atoms with Crippen LogP contribution in [0.1, 0.15) is 66.1 Å². The topological polar surface area (TPSA) is 78.2 Å². The lowest BCUT2D eigenvalue weighted by Gasteiger charge is -2.38. The first-order valence-corrected chi connectivity index (χ1v) is 13.2. The number of nitrogens with zero attached hydrogens (tertiary/aromatic N) is 4. The van der Waals surface area contributed by atoms with Crippen LogP contribution in [0.15, 0.2) is 12.3 Å². The number of amides is 2. The van der Waals surface area contributed by atoms with Crippen LogP contribution in [0.4, 0.5) is 8.78 Å². The maximum Gasteiger partial charge on any atom is 0.287 e. The van der Waals surface area contributed by atoms with E-state index in [2.05, 4.69) is 4.98 Å². The van der Waals surface area contributed by atoms with Crippen LogP contribution in [0.25, 0.3) is 5.65 Å². The third-order valence-electron chi connectivity index (χ3n) is 8.24. The molecule has 2 aromatic heterocycles. The average Bonchev–Trinajstić information content (AvgIpc) is 3.38. The van der Waals surface area contributed by atoms with Gasteiger partial charge in [0.05, 0.1) is 11.7 Å². The highest BCUT2D eigenvalue weighted by atomic mass is 35.5. The van der Waals surface area contributed by atoms with E-state index in [1.54, 1.807) is 6.20 Å². The van der Waals surface area contributed by atoms with Crippen LogP contribution in [0.5, 0.6) is 0 Å². The van der Waals surface area contributed by atoms with E-state index in [-0.39, 0.29) is 52.6 Å². The van der Waals surface area contributed by atoms with Gasteiger partial charge in [0.15, 0.2) is 5.69 Å². The molecule has 1 saturated heterocycles. The van der Waals surface area contributed by atoms with Gasteiger partial charge in [-0.2, -0.15) is 8.78 Å². The summed E-state index contributed by atoms with van der Waals surface area (Å²) in [4.78, 5) is 33.8. The molecule has 2 amide bonds. The van der Waals surface area contributed by atoms with Gasteiger partial charge in [0.2, 0.25) is 5.91 Å². The molecule has 7 nitrogen and oxygen atoms in total. The number of alkyl halides is 2. The molecule has 6 rings (SSSR count). The first-order valence-electron chi connectivity index (χ1n) is 12.3. The Morgan fingerprint density at radius 2 is 1.86 bits per heavy atom. The summed E-state index contributed by atoms with van der Waals surface area (Å²) in [5.74, 6) is 0.493. The van der Waals surface area contributed by atoms with Crippen LogP contribution in [0.2, 0.25) is 5.15 Å². The highest BCUT2D eigenvalue weighted by Gasteiger charge is 2.45. The van der Waals surface area contributed by atoms with E-state index >= 15 is 0 Å². The number of rotatable bonds is 4. The minimum Gasteiger partial charge on any atom is -0.393 e. The zero-order valence-electron chi connectivity index (χ0n) is 19.2. The molecule has 3 aliphatic carbocycles. The first-order chi connectivity index (χ1) is 16.6. The summed E-state index contributed by atoms with van der Waals surface area (Å²) >= 11 is 6.51. The van der Waals surface area contributed by atoms with Crippen molar-refractivity contribution in [2.24, 2.45) is 11.8 Å². The molecule has 3 unspecified atom stereocenters. The standard InChI is InChI=1S/C24H28ClF2N4O3P/c25-21-20(28-22-18(24(26,27)35)9-15(10-31(21)22)12-1-2-12)23(34)29-3-4-30(19(33)11-29)16-5-13-7-17(32)8-14(13)6-16/h9-10,12-14,16-17,32H,1-8,11,35H2/t13-,14+,16?,17?. The quantitative estimate of drug-likeness (QED) is 0.620. The number of aliphatic hydroxyl groups is 1. The van der Waals surface area contributed by atoms with Crippen molar-refractivity contribution in [2.75, 3.05) is 19.6 Å². The third-order valence-corrected chi connectivity index (χ3v) is 8.92. The summed E-state index contributed by atoms with van der Waals surface area (Å²) in [5, 5.41) is 9.87. The van der Waals surface area contributed by atoms with Crippen LogP contribution >= 0.6 is 20.8 Å². The largest absolute Gasteiger partial charge is 0.393 e. The summed E-state index contributed by atoms with van der Waals surface area (Å²) < 4.78 is 30.2. The Balaban J connectivity index is 1.22. The number of carbonyl (C=O) groups is 2. The van der Waals surface area contributed by atoms with E-state index in [9.17, 15) is 23.5 Å². The number of aliphatic hydroxyl groups excluding tert-OH is 1. The second-order valence-corrected chi connectivity index (χ2v) is 11.7. The number of hydrogen-bond donors (Lipinski definition) is 1. The number of fused-ring (bicyclic) bond motifs is 2. The predicted octanol–water partition coefficient (Wildman–Crippen LogP) is 3.62. The van der Waals surface area contributed by atoms with Gasteiger partial charge in [0.1, 0.15) is 17.3 Å². The van der Waals surface area contributed by atoms with Crippen molar-refractivity contribution in [3.63, 3.8) is 0 Å². The van der Waals surface area contributed by atoms with Crippen molar-refractivity contribution < 1.29 is 23.5 Å². The lowest BCUT2D eigenvalue weighted by molar-refractivity contribution is -0.137. The Morgan fingerprint density at radius 3 is 2.46 bits per heavy atom. The number of pyridine rings is 1. The summed E-state index contributed by atoms with van der Waals surface area (Å²) in [5.41, 5.74) is -2.91. The molecule has 0 radical (unpaired) electrons. The van der Waals surface area contributed by atoms with Gasteiger partial charge in [-0.1, -0.05) is 20.8 Å². The maximum absolute atomic E-state index is 14.4. The molecule has 0 aromatic carbocycles. The van der Waals surface area contributed by atoms with Gasteiger partial charge < -0.3 is 14.9 Å². The van der Waals surface area contributed by atoms with Crippen LogP contribution in [-0.4, -0.2) is 67.9 Å². The molecule has 4 fully saturated rings. The molecule has 0 bridgehead atoms. The van der Waals surface area contributed by atoms with Crippen molar-refractivity contribution in [3.05, 3.63) is 34.2 Å². The lowest BCUT2D eigenvalue weighted by Crippen LogP contribution is -2.55. The smallest absolute Gasteiger partial charge is 0.287 e. The molecule has 35 heavy (non-hydrogen) atoms. The first kappa shape index (κ1) is 23.6. The molecular formula is C24H28ClF2N4O3P. The summed E-state index contributed by atoms with van der Waals surface area (Å²) in [6, 6.07) is 1.60. The number of piperazine rings is 1. The Labute approximate surface area is 209 Å². The highest BCUT2D eigenvalue weighted by molar-refractivity contribution is 7.17. The van der Waals surface area contributed by atoms with Gasteiger partial charge in [-0.15, -0.1) is 0 Å². The fraction of sp³-hybridized carbons (Fsp3) is 0.625. The van der Waals surface area contributed by atoms with Gasteiger partial charge in [-0.3, -0.25) is 14.0 Å². The lowest BCUT2D eigenvalue weighted by atomic mass is 10.0. The molecule has 11 heteroatoms. The average molecular weight is 525 g/mol. The van der Waals surface area contributed by atoms with Crippen LogP contribution in [0, 0.1) is 11.8 Å². The summed E-state index contributed by atoms with van der Waals surface area (Å²) in [6.45, 7) is 0.670. The van der Waals surface area contributed by atoms with Gasteiger partial charge in [0.25, 0.3) is 11.6 Å². The minimum absolute atomic E-state index is 0.0138. The van der Waals surface area contributed by atoms with E-state index < -0.39 is 11.6 Å². The fourth-order valence-electron chi connectivity index (χ4n) is 6.36. The Hall–Kier alpha value is -1.83. The molecule has 5 atom stereocenters. The number of aromatic nitrogens is 2. The zero-order valence-corrected chi connectivity index (χ0v) is 21.1. The van der Waals surface area contributed by atoms with E-state index in [1.807, 2.05) is 4.90 Å². The van der Waals surface area contributed by atoms with Gasteiger partial charge >= 0.3 is 0 Å². The molecule has 2 aromatic rings. The molecule has 4 aliphatic rings. The van der Waals surface area contributed by atoms with Gasteiger partial charge in [-0.05, 0) is 67.9 Å². The zero-order chi connectivity index (χ0) is 24.6. The van der Waals surface area contributed by atoms with Crippen molar-refractivity contribution in [3.8, 4) is 0 Å². The van der Waals surface area contributed by atoms with Gasteiger partial charge in [-0.25, -0.2) is 4.98 Å².